The van der Waals surface area contributed by atoms with Gasteiger partial charge in [0.15, 0.2) is 0 Å². The number of benzene rings is 1. The monoisotopic (exact) mass is 441 g/mol. The molecule has 1 saturated carbocycles. The van der Waals surface area contributed by atoms with Gasteiger partial charge < -0.3 is 11.1 Å². The largest absolute Gasteiger partial charge is 0.349 e. The summed E-state index contributed by atoms with van der Waals surface area (Å²) < 4.78 is 0. The SMILES string of the molecule is CCC(N)C(=O)NC(C=CC(=O)Nc1nnc(C2(C)CCC2)s1)CCc1ccccc1. The molecule has 1 aliphatic rings. The average Bonchev–Trinajstić information content (AvgIpc) is 3.22. The van der Waals surface area contributed by atoms with Crippen LogP contribution < -0.4 is 16.4 Å². The second-order valence-electron chi connectivity index (χ2n) is 8.33. The van der Waals surface area contributed by atoms with Crippen molar-refractivity contribution in [3.63, 3.8) is 0 Å². The average molecular weight is 442 g/mol. The maximum atomic E-state index is 12.4. The number of nitrogens with two attached hydrogens (primary N) is 1. The lowest BCUT2D eigenvalue weighted by molar-refractivity contribution is -0.123. The molecule has 1 fully saturated rings. The highest BCUT2D eigenvalue weighted by molar-refractivity contribution is 7.15. The van der Waals surface area contributed by atoms with Gasteiger partial charge in [0.2, 0.25) is 16.9 Å². The third kappa shape index (κ3) is 6.45. The first-order valence-electron chi connectivity index (χ1n) is 10.8. The minimum Gasteiger partial charge on any atom is -0.349 e. The Labute approximate surface area is 187 Å². The van der Waals surface area contributed by atoms with E-state index in [1.165, 1.54) is 29.4 Å². The Balaban J connectivity index is 1.59. The van der Waals surface area contributed by atoms with Crippen molar-refractivity contribution < 1.29 is 9.59 Å². The highest BCUT2D eigenvalue weighted by Gasteiger charge is 2.37. The van der Waals surface area contributed by atoms with Gasteiger partial charge >= 0.3 is 0 Å². The Morgan fingerprint density at radius 2 is 2.00 bits per heavy atom. The van der Waals surface area contributed by atoms with Crippen molar-refractivity contribution in [1.29, 1.82) is 0 Å². The third-order valence-electron chi connectivity index (χ3n) is 5.80. The first-order chi connectivity index (χ1) is 14.9. The molecule has 0 saturated heterocycles. The highest BCUT2D eigenvalue weighted by atomic mass is 32.1. The predicted molar refractivity (Wildman–Crippen MR) is 124 cm³/mol. The Kier molecular flexibility index (Phi) is 7.92. The molecule has 31 heavy (non-hydrogen) atoms. The van der Waals surface area contributed by atoms with Crippen LogP contribution in [0.15, 0.2) is 42.5 Å². The fourth-order valence-electron chi connectivity index (χ4n) is 3.45. The van der Waals surface area contributed by atoms with Crippen LogP contribution in [0.25, 0.3) is 0 Å². The molecule has 0 aliphatic heterocycles. The summed E-state index contributed by atoms with van der Waals surface area (Å²) in [7, 11) is 0. The molecule has 7 nitrogen and oxygen atoms in total. The smallest absolute Gasteiger partial charge is 0.249 e. The fraction of sp³-hybridized carbons (Fsp3) is 0.478. The lowest BCUT2D eigenvalue weighted by Crippen LogP contribution is -2.44. The summed E-state index contributed by atoms with van der Waals surface area (Å²) in [6.07, 6.45) is 8.58. The lowest BCUT2D eigenvalue weighted by atomic mass is 9.71. The highest BCUT2D eigenvalue weighted by Crippen LogP contribution is 2.44. The molecule has 1 aliphatic carbocycles. The number of anilines is 1. The van der Waals surface area contributed by atoms with E-state index in [1.54, 1.807) is 6.08 Å². The molecule has 0 spiro atoms. The fourth-order valence-corrected chi connectivity index (χ4v) is 4.40. The van der Waals surface area contributed by atoms with Crippen LogP contribution >= 0.6 is 11.3 Å². The number of hydrogen-bond acceptors (Lipinski definition) is 6. The molecule has 1 aromatic carbocycles. The molecule has 4 N–H and O–H groups in total. The molecule has 0 bridgehead atoms. The van der Waals surface area contributed by atoms with E-state index >= 15 is 0 Å². The number of aromatic nitrogens is 2. The Hall–Kier alpha value is -2.58. The third-order valence-corrected chi connectivity index (χ3v) is 6.94. The van der Waals surface area contributed by atoms with Crippen molar-refractivity contribution in [2.45, 2.75) is 69.9 Å². The summed E-state index contributed by atoms with van der Waals surface area (Å²) in [5.74, 6) is -0.506. The van der Waals surface area contributed by atoms with Gasteiger partial charge in [-0.3, -0.25) is 14.9 Å². The Bertz CT molecular complexity index is 908. The van der Waals surface area contributed by atoms with Gasteiger partial charge in [0.1, 0.15) is 5.01 Å². The summed E-state index contributed by atoms with van der Waals surface area (Å²) in [4.78, 5) is 24.7. The number of rotatable bonds is 10. The lowest BCUT2D eigenvalue weighted by Gasteiger charge is -2.35. The van der Waals surface area contributed by atoms with Crippen LogP contribution in [0.3, 0.4) is 0 Å². The summed E-state index contributed by atoms with van der Waals surface area (Å²) in [5.41, 5.74) is 7.12. The van der Waals surface area contributed by atoms with Gasteiger partial charge in [-0.05, 0) is 37.7 Å². The van der Waals surface area contributed by atoms with Crippen LogP contribution in [0.2, 0.25) is 0 Å². The van der Waals surface area contributed by atoms with Crippen LogP contribution in [0.1, 0.15) is 56.5 Å². The summed E-state index contributed by atoms with van der Waals surface area (Å²) in [5, 5.41) is 15.5. The van der Waals surface area contributed by atoms with Gasteiger partial charge in [-0.2, -0.15) is 0 Å². The first kappa shape index (κ1) is 23.1. The van der Waals surface area contributed by atoms with Gasteiger partial charge in [-0.1, -0.05) is 68.0 Å². The van der Waals surface area contributed by atoms with Crippen molar-refractivity contribution in [3.05, 3.63) is 53.1 Å². The second-order valence-corrected chi connectivity index (χ2v) is 9.31. The molecular weight excluding hydrogens is 410 g/mol. The maximum Gasteiger partial charge on any atom is 0.249 e. The van der Waals surface area contributed by atoms with E-state index in [2.05, 4.69) is 27.8 Å². The van der Waals surface area contributed by atoms with Gasteiger partial charge in [0, 0.05) is 17.5 Å². The number of carbonyl (C=O) groups excluding carboxylic acids is 2. The first-order valence-corrected chi connectivity index (χ1v) is 11.6. The van der Waals surface area contributed by atoms with Crippen LogP contribution in [0.4, 0.5) is 5.13 Å². The van der Waals surface area contributed by atoms with E-state index in [0.717, 1.165) is 24.3 Å². The van der Waals surface area contributed by atoms with Crippen LogP contribution in [0.5, 0.6) is 0 Å². The molecule has 1 heterocycles. The van der Waals surface area contributed by atoms with Crippen LogP contribution in [-0.4, -0.2) is 34.1 Å². The normalized spacial score (nSPS) is 17.0. The molecule has 3 rings (SSSR count). The number of hydrogen-bond donors (Lipinski definition) is 3. The van der Waals surface area contributed by atoms with Crippen LogP contribution in [-0.2, 0) is 21.4 Å². The summed E-state index contributed by atoms with van der Waals surface area (Å²) >= 11 is 1.43. The molecule has 2 aromatic rings. The van der Waals surface area contributed by atoms with Gasteiger partial charge in [0.25, 0.3) is 0 Å². The number of aryl methyl sites for hydroxylation is 1. The Morgan fingerprint density at radius 1 is 1.26 bits per heavy atom. The topological polar surface area (TPSA) is 110 Å². The van der Waals surface area contributed by atoms with E-state index < -0.39 is 6.04 Å². The maximum absolute atomic E-state index is 12.4. The van der Waals surface area contributed by atoms with E-state index in [0.29, 0.717) is 18.0 Å². The number of carbonyl (C=O) groups is 2. The van der Waals surface area contributed by atoms with Crippen molar-refractivity contribution in [3.8, 4) is 0 Å². The van der Waals surface area contributed by atoms with Gasteiger partial charge in [0.05, 0.1) is 6.04 Å². The van der Waals surface area contributed by atoms with Crippen molar-refractivity contribution in [1.82, 2.24) is 15.5 Å². The second kappa shape index (κ2) is 10.6. The number of amides is 2. The molecule has 2 amide bonds. The van der Waals surface area contributed by atoms with E-state index in [9.17, 15) is 9.59 Å². The molecule has 166 valence electrons. The van der Waals surface area contributed by atoms with Crippen molar-refractivity contribution >= 4 is 28.3 Å². The molecule has 2 unspecified atom stereocenters. The standard InChI is InChI=1S/C23H31N5O2S/c1-3-18(24)20(30)25-17(11-10-16-8-5-4-6-9-16)12-13-19(29)26-22-28-27-21(31-22)23(2)14-7-15-23/h4-6,8-9,12-13,17-18H,3,7,10-11,14-15,24H2,1-2H3,(H,25,30)(H,26,28,29). The molecular formula is C23H31N5O2S. The quantitative estimate of drug-likeness (QED) is 0.490. The van der Waals surface area contributed by atoms with Crippen molar-refractivity contribution in [2.75, 3.05) is 5.32 Å². The van der Waals surface area contributed by atoms with E-state index in [1.807, 2.05) is 37.3 Å². The summed E-state index contributed by atoms with van der Waals surface area (Å²) in [6, 6.07) is 9.17. The summed E-state index contributed by atoms with van der Waals surface area (Å²) in [6.45, 7) is 4.05. The zero-order valence-electron chi connectivity index (χ0n) is 18.1. The zero-order chi connectivity index (χ0) is 22.3. The molecule has 2 atom stereocenters. The minimum atomic E-state index is -0.561. The zero-order valence-corrected chi connectivity index (χ0v) is 19.0. The molecule has 8 heteroatoms. The number of nitrogens with one attached hydrogen (secondary N) is 2. The van der Waals surface area contributed by atoms with E-state index in [-0.39, 0.29) is 23.3 Å². The van der Waals surface area contributed by atoms with Crippen LogP contribution in [0, 0.1) is 0 Å². The van der Waals surface area contributed by atoms with Gasteiger partial charge in [-0.15, -0.1) is 10.2 Å². The number of nitrogens with zero attached hydrogens (tertiary/aromatic N) is 2. The molecule has 1 aromatic heterocycles. The predicted octanol–water partition coefficient (Wildman–Crippen LogP) is 3.33. The van der Waals surface area contributed by atoms with E-state index in [4.69, 9.17) is 5.73 Å². The Morgan fingerprint density at radius 3 is 2.65 bits per heavy atom. The minimum absolute atomic E-state index is 0.0986. The molecule has 0 radical (unpaired) electrons. The van der Waals surface area contributed by atoms with Crippen molar-refractivity contribution in [2.24, 2.45) is 5.73 Å². The van der Waals surface area contributed by atoms with Gasteiger partial charge in [-0.25, -0.2) is 0 Å².